The molecule has 1 N–H and O–H groups in total. The van der Waals surface area contributed by atoms with Crippen molar-refractivity contribution in [2.75, 3.05) is 19.3 Å². The van der Waals surface area contributed by atoms with Gasteiger partial charge in [0.15, 0.2) is 0 Å². The quantitative estimate of drug-likeness (QED) is 0.541. The summed E-state index contributed by atoms with van der Waals surface area (Å²) in [5.74, 6) is -0.207. The summed E-state index contributed by atoms with van der Waals surface area (Å²) in [7, 11) is -1.95. The van der Waals surface area contributed by atoms with Crippen molar-refractivity contribution < 1.29 is 13.0 Å². The second-order valence-corrected chi connectivity index (χ2v) is 5.22. The van der Waals surface area contributed by atoms with Gasteiger partial charge in [-0.3, -0.25) is 4.55 Å². The van der Waals surface area contributed by atoms with Crippen LogP contribution in [0.1, 0.15) is 6.42 Å². The van der Waals surface area contributed by atoms with E-state index >= 15 is 0 Å². The van der Waals surface area contributed by atoms with Crippen LogP contribution >= 0.6 is 12.6 Å². The van der Waals surface area contributed by atoms with Gasteiger partial charge in [0.25, 0.3) is 10.1 Å². The van der Waals surface area contributed by atoms with Crippen molar-refractivity contribution in [3.63, 3.8) is 0 Å². The van der Waals surface area contributed by atoms with Gasteiger partial charge >= 0.3 is 0 Å². The molecular weight excluding hydrogens is 224 g/mol. The molecule has 0 aliphatic carbocycles. The highest BCUT2D eigenvalue weighted by Crippen LogP contribution is 2.16. The molecule has 0 radical (unpaired) electrons. The summed E-state index contributed by atoms with van der Waals surface area (Å²) in [6.07, 6.45) is 4.11. The first-order valence-corrected chi connectivity index (χ1v) is 6.32. The minimum atomic E-state index is -3.84. The lowest BCUT2D eigenvalue weighted by molar-refractivity contribution is 0.264. The maximum absolute atomic E-state index is 10.4. The van der Waals surface area contributed by atoms with E-state index in [9.17, 15) is 8.42 Å². The topological polar surface area (TPSA) is 60.9 Å². The Morgan fingerprint density at radius 1 is 1.50 bits per heavy atom. The molecule has 0 aromatic heterocycles. The summed E-state index contributed by atoms with van der Waals surface area (Å²) in [6.45, 7) is 0.564. The smallest absolute Gasteiger partial charge is 0.264 e. The molecule has 1 atom stereocenters. The lowest BCUT2D eigenvalue weighted by Gasteiger charge is -2.25. The Hall–Kier alpha value is -0.400. The third-order valence-corrected chi connectivity index (χ3v) is 3.44. The van der Waals surface area contributed by atoms with E-state index in [1.807, 2.05) is 29.2 Å². The molecule has 0 amide bonds. The van der Waals surface area contributed by atoms with Gasteiger partial charge in [-0.1, -0.05) is 0 Å². The third-order valence-electron chi connectivity index (χ3n) is 1.97. The molecule has 7 heteroatoms. The lowest BCUT2D eigenvalue weighted by atomic mass is 10.4. The van der Waals surface area contributed by atoms with Gasteiger partial charge in [0.05, 0.1) is 5.75 Å². The van der Waals surface area contributed by atoms with Gasteiger partial charge in [0, 0.05) is 26.0 Å². The van der Waals surface area contributed by atoms with E-state index in [2.05, 4.69) is 12.6 Å². The standard InChI is InChI=1S/C7H14N2O3S2/c1-8-4-5-9(7(8)13)3-2-6-14(10,11)12/h4-5,7,13H,2-3,6H2,1H3,(H,10,11,12). The SMILES string of the molecule is CN1C=CN(CCCS(=O)(=O)O)C1S. The Morgan fingerprint density at radius 2 is 2.14 bits per heavy atom. The molecule has 1 aliphatic heterocycles. The monoisotopic (exact) mass is 238 g/mol. The summed E-state index contributed by atoms with van der Waals surface area (Å²) in [5.41, 5.74) is -0.0450. The predicted octanol–water partition coefficient (Wildman–Crippen LogP) is 0.196. The Morgan fingerprint density at radius 3 is 2.57 bits per heavy atom. The molecule has 82 valence electrons. The summed E-state index contributed by atoms with van der Waals surface area (Å²) in [6, 6.07) is 0. The van der Waals surface area contributed by atoms with E-state index in [-0.39, 0.29) is 11.3 Å². The zero-order valence-corrected chi connectivity index (χ0v) is 9.58. The molecule has 0 aromatic carbocycles. The first-order valence-electron chi connectivity index (χ1n) is 4.19. The fourth-order valence-electron chi connectivity index (χ4n) is 1.20. The van der Waals surface area contributed by atoms with Crippen LogP contribution in [0.2, 0.25) is 0 Å². The molecule has 14 heavy (non-hydrogen) atoms. The van der Waals surface area contributed by atoms with Gasteiger partial charge in [-0.15, -0.1) is 12.6 Å². The number of hydrogen-bond acceptors (Lipinski definition) is 5. The van der Waals surface area contributed by atoms with Gasteiger partial charge < -0.3 is 9.80 Å². The average molecular weight is 238 g/mol. The highest BCUT2D eigenvalue weighted by Gasteiger charge is 2.19. The fourth-order valence-corrected chi connectivity index (χ4v) is 1.96. The first-order chi connectivity index (χ1) is 6.40. The number of thiol groups is 1. The van der Waals surface area contributed by atoms with Gasteiger partial charge in [-0.05, 0) is 6.42 Å². The summed E-state index contributed by atoms with van der Waals surface area (Å²) in [5, 5.41) is 0. The second-order valence-electron chi connectivity index (χ2n) is 3.19. The zero-order valence-electron chi connectivity index (χ0n) is 7.87. The fraction of sp³-hybridized carbons (Fsp3) is 0.714. The van der Waals surface area contributed by atoms with Crippen LogP contribution in [0.15, 0.2) is 12.4 Å². The number of nitrogens with zero attached hydrogens (tertiary/aromatic N) is 2. The molecule has 1 unspecified atom stereocenters. The maximum Gasteiger partial charge on any atom is 0.264 e. The van der Waals surface area contributed by atoms with Crippen LogP contribution in [0.4, 0.5) is 0 Å². The lowest BCUT2D eigenvalue weighted by Crippen LogP contribution is -2.32. The van der Waals surface area contributed by atoms with E-state index in [1.165, 1.54) is 0 Å². The van der Waals surface area contributed by atoms with Crippen LogP contribution in [0.5, 0.6) is 0 Å². The van der Waals surface area contributed by atoms with Crippen molar-refractivity contribution in [1.82, 2.24) is 9.80 Å². The molecular formula is C7H14N2O3S2. The second kappa shape index (κ2) is 4.41. The van der Waals surface area contributed by atoms with Crippen molar-refractivity contribution in [2.45, 2.75) is 11.9 Å². The Bertz CT molecular complexity index is 315. The largest absolute Gasteiger partial charge is 0.351 e. The van der Waals surface area contributed by atoms with E-state index in [1.54, 1.807) is 0 Å². The molecule has 1 heterocycles. The maximum atomic E-state index is 10.4. The molecule has 1 aliphatic rings. The molecule has 0 aromatic rings. The van der Waals surface area contributed by atoms with Crippen LogP contribution in [-0.4, -0.2) is 47.6 Å². The Labute approximate surface area is 89.5 Å². The highest BCUT2D eigenvalue weighted by molar-refractivity contribution is 7.85. The molecule has 0 bridgehead atoms. The van der Waals surface area contributed by atoms with Crippen LogP contribution < -0.4 is 0 Å². The van der Waals surface area contributed by atoms with E-state index < -0.39 is 10.1 Å². The molecule has 0 saturated carbocycles. The minimum absolute atomic E-state index is 0.0450. The molecule has 5 nitrogen and oxygen atoms in total. The van der Waals surface area contributed by atoms with Gasteiger partial charge in [-0.25, -0.2) is 0 Å². The molecule has 0 spiro atoms. The van der Waals surface area contributed by atoms with E-state index in [4.69, 9.17) is 4.55 Å². The molecule has 1 rings (SSSR count). The normalized spacial score (nSPS) is 22.1. The van der Waals surface area contributed by atoms with Gasteiger partial charge in [0.2, 0.25) is 0 Å². The van der Waals surface area contributed by atoms with Crippen LogP contribution in [0.25, 0.3) is 0 Å². The van der Waals surface area contributed by atoms with Crippen LogP contribution in [0, 0.1) is 0 Å². The van der Waals surface area contributed by atoms with Crippen molar-refractivity contribution in [2.24, 2.45) is 0 Å². The summed E-state index contributed by atoms with van der Waals surface area (Å²) < 4.78 is 29.4. The average Bonchev–Trinajstić information content (AvgIpc) is 2.33. The van der Waals surface area contributed by atoms with E-state index in [0.717, 1.165) is 0 Å². The third kappa shape index (κ3) is 3.39. The van der Waals surface area contributed by atoms with Gasteiger partial charge in [-0.2, -0.15) is 8.42 Å². The van der Waals surface area contributed by atoms with Crippen molar-refractivity contribution >= 4 is 22.7 Å². The highest BCUT2D eigenvalue weighted by atomic mass is 32.2. The van der Waals surface area contributed by atoms with E-state index in [0.29, 0.717) is 13.0 Å². The molecule has 0 fully saturated rings. The van der Waals surface area contributed by atoms with Crippen LogP contribution in [0.3, 0.4) is 0 Å². The molecule has 0 saturated heterocycles. The Balaban J connectivity index is 2.30. The van der Waals surface area contributed by atoms with Crippen molar-refractivity contribution in [3.05, 3.63) is 12.4 Å². The number of hydrogen-bond donors (Lipinski definition) is 2. The number of rotatable bonds is 4. The Kier molecular flexibility index (Phi) is 3.68. The predicted molar refractivity (Wildman–Crippen MR) is 57.4 cm³/mol. The minimum Gasteiger partial charge on any atom is -0.351 e. The summed E-state index contributed by atoms with van der Waals surface area (Å²) >= 11 is 4.31. The van der Waals surface area contributed by atoms with Gasteiger partial charge in [0.1, 0.15) is 5.50 Å². The van der Waals surface area contributed by atoms with Crippen molar-refractivity contribution in [3.8, 4) is 0 Å². The first kappa shape index (κ1) is 11.7. The van der Waals surface area contributed by atoms with Crippen LogP contribution in [-0.2, 0) is 10.1 Å². The zero-order chi connectivity index (χ0) is 10.8. The van der Waals surface area contributed by atoms with Crippen molar-refractivity contribution in [1.29, 1.82) is 0 Å². The summed E-state index contributed by atoms with van der Waals surface area (Å²) in [4.78, 5) is 3.80.